The topological polar surface area (TPSA) is 54.3 Å². The minimum atomic E-state index is 0.159. The summed E-state index contributed by atoms with van der Waals surface area (Å²) in [7, 11) is 0. The lowest BCUT2D eigenvalue weighted by Gasteiger charge is -2.35. The van der Waals surface area contributed by atoms with Crippen LogP contribution < -0.4 is 0 Å². The average Bonchev–Trinajstić information content (AvgIpc) is 3.23. The third-order valence-corrected chi connectivity index (χ3v) is 7.29. The number of piperazine rings is 1. The van der Waals surface area contributed by atoms with Crippen molar-refractivity contribution in [3.8, 4) is 5.69 Å². The third kappa shape index (κ3) is 4.86. The first kappa shape index (κ1) is 22.6. The molecule has 1 amide bonds. The zero-order valence-electron chi connectivity index (χ0n) is 19.6. The highest BCUT2D eigenvalue weighted by atomic mass is 32.2. The van der Waals surface area contributed by atoms with Crippen molar-refractivity contribution < 1.29 is 4.79 Å². The Balaban J connectivity index is 1.17. The van der Waals surface area contributed by atoms with Gasteiger partial charge in [-0.15, -0.1) is 10.2 Å². The van der Waals surface area contributed by atoms with Crippen molar-refractivity contribution >= 4 is 28.4 Å². The maximum atomic E-state index is 12.9. The number of thioether (sulfide) groups is 1. The molecule has 0 unspecified atom stereocenters. The fourth-order valence-corrected chi connectivity index (χ4v) is 5.45. The normalized spacial score (nSPS) is 14.6. The third-order valence-electron chi connectivity index (χ3n) is 6.38. The number of nitrogens with zero attached hydrogens (tertiary/aromatic N) is 5. The molecule has 5 rings (SSSR count). The summed E-state index contributed by atoms with van der Waals surface area (Å²) in [6, 6.07) is 23.3. The predicted octanol–water partition coefficient (Wildman–Crippen LogP) is 4.47. The van der Waals surface area contributed by atoms with E-state index in [0.29, 0.717) is 5.75 Å². The van der Waals surface area contributed by atoms with Crippen LogP contribution >= 0.6 is 11.8 Å². The molecular weight excluding hydrogens is 442 g/mol. The Bertz CT molecular complexity index is 1300. The Labute approximate surface area is 204 Å². The number of fused-ring (bicyclic) bond motifs is 1. The van der Waals surface area contributed by atoms with Crippen molar-refractivity contribution in [1.82, 2.24) is 24.6 Å². The molecule has 0 atom stereocenters. The molecule has 1 aliphatic rings. The van der Waals surface area contributed by atoms with Gasteiger partial charge in [0.15, 0.2) is 5.16 Å². The molecule has 1 saturated heterocycles. The van der Waals surface area contributed by atoms with Crippen LogP contribution in [0.2, 0.25) is 0 Å². The molecule has 4 aromatic rings. The minimum absolute atomic E-state index is 0.159. The van der Waals surface area contributed by atoms with Crippen molar-refractivity contribution in [2.45, 2.75) is 25.5 Å². The zero-order valence-corrected chi connectivity index (χ0v) is 20.5. The molecule has 0 spiro atoms. The lowest BCUT2D eigenvalue weighted by atomic mass is 10.0. The highest BCUT2D eigenvalue weighted by Crippen LogP contribution is 2.24. The van der Waals surface area contributed by atoms with Gasteiger partial charge in [0, 0.05) is 38.4 Å². The second kappa shape index (κ2) is 9.99. The Hall–Kier alpha value is -3.16. The van der Waals surface area contributed by atoms with E-state index in [-0.39, 0.29) is 5.91 Å². The van der Waals surface area contributed by atoms with Gasteiger partial charge in [0.2, 0.25) is 5.91 Å². The fourth-order valence-electron chi connectivity index (χ4n) is 4.54. The molecular formula is C27H29N5OS. The van der Waals surface area contributed by atoms with Crippen molar-refractivity contribution in [3.05, 3.63) is 83.7 Å². The number of rotatable bonds is 6. The van der Waals surface area contributed by atoms with Gasteiger partial charge in [-0.3, -0.25) is 14.3 Å². The van der Waals surface area contributed by atoms with Crippen LogP contribution in [0.1, 0.15) is 17.0 Å². The fraction of sp³-hybridized carbons (Fsp3) is 0.296. The first-order valence-electron chi connectivity index (χ1n) is 11.7. The Morgan fingerprint density at radius 3 is 2.50 bits per heavy atom. The maximum absolute atomic E-state index is 12.9. The first-order valence-corrected chi connectivity index (χ1v) is 12.7. The summed E-state index contributed by atoms with van der Waals surface area (Å²) >= 11 is 1.46. The van der Waals surface area contributed by atoms with Gasteiger partial charge in [0.1, 0.15) is 5.82 Å². The summed E-state index contributed by atoms with van der Waals surface area (Å²) in [4.78, 5) is 17.4. The smallest absolute Gasteiger partial charge is 0.233 e. The van der Waals surface area contributed by atoms with E-state index in [2.05, 4.69) is 76.6 Å². The van der Waals surface area contributed by atoms with Crippen LogP contribution in [0.3, 0.4) is 0 Å². The van der Waals surface area contributed by atoms with E-state index in [9.17, 15) is 4.79 Å². The van der Waals surface area contributed by atoms with Crippen LogP contribution in [0, 0.1) is 13.8 Å². The van der Waals surface area contributed by atoms with Crippen LogP contribution in [0.4, 0.5) is 0 Å². The summed E-state index contributed by atoms with van der Waals surface area (Å²) in [5, 5.41) is 11.9. The maximum Gasteiger partial charge on any atom is 0.233 e. The molecule has 1 fully saturated rings. The van der Waals surface area contributed by atoms with Gasteiger partial charge in [-0.2, -0.15) is 0 Å². The quantitative estimate of drug-likeness (QED) is 0.388. The van der Waals surface area contributed by atoms with Crippen molar-refractivity contribution in [3.63, 3.8) is 0 Å². The van der Waals surface area contributed by atoms with Crippen LogP contribution in [-0.2, 0) is 11.3 Å². The number of benzene rings is 3. The van der Waals surface area contributed by atoms with Crippen molar-refractivity contribution in [1.29, 1.82) is 0 Å². The number of aryl methyl sites for hydroxylation is 2. The SMILES string of the molecule is Cc1cccc(-n2c(C)nnc2SCC(=O)N2CCN(Cc3cccc4ccccc34)CC2)c1. The van der Waals surface area contributed by atoms with Gasteiger partial charge < -0.3 is 4.90 Å². The second-order valence-electron chi connectivity index (χ2n) is 8.79. The molecule has 2 heterocycles. The molecule has 3 aromatic carbocycles. The Kier molecular flexibility index (Phi) is 6.65. The summed E-state index contributed by atoms with van der Waals surface area (Å²) < 4.78 is 2.02. The van der Waals surface area contributed by atoms with E-state index in [1.807, 2.05) is 28.5 Å². The molecule has 6 nitrogen and oxygen atoms in total. The molecule has 0 radical (unpaired) electrons. The van der Waals surface area contributed by atoms with Gasteiger partial charge in [0.25, 0.3) is 0 Å². The number of aromatic nitrogens is 3. The molecule has 7 heteroatoms. The number of hydrogen-bond acceptors (Lipinski definition) is 5. The largest absolute Gasteiger partial charge is 0.339 e. The van der Waals surface area contributed by atoms with Crippen LogP contribution in [-0.4, -0.2) is 62.4 Å². The predicted molar refractivity (Wildman–Crippen MR) is 137 cm³/mol. The van der Waals surface area contributed by atoms with Gasteiger partial charge in [0.05, 0.1) is 5.75 Å². The molecule has 0 N–H and O–H groups in total. The lowest BCUT2D eigenvalue weighted by Crippen LogP contribution is -2.48. The van der Waals surface area contributed by atoms with E-state index in [4.69, 9.17) is 0 Å². The van der Waals surface area contributed by atoms with Crippen LogP contribution in [0.25, 0.3) is 16.5 Å². The number of hydrogen-bond donors (Lipinski definition) is 0. The standard InChI is InChI=1S/C27H29N5OS/c1-20-7-5-11-24(17-20)32-21(2)28-29-27(32)34-19-26(33)31-15-13-30(14-16-31)18-23-10-6-9-22-8-3-4-12-25(22)23/h3-12,17H,13-16,18-19H2,1-2H3. The molecule has 0 bridgehead atoms. The van der Waals surface area contributed by atoms with Gasteiger partial charge in [-0.1, -0.05) is 66.4 Å². The molecule has 1 aromatic heterocycles. The molecule has 174 valence electrons. The first-order chi connectivity index (χ1) is 16.6. The number of amides is 1. The van der Waals surface area contributed by atoms with E-state index < -0.39 is 0 Å². The highest BCUT2D eigenvalue weighted by Gasteiger charge is 2.22. The monoisotopic (exact) mass is 471 g/mol. The average molecular weight is 472 g/mol. The minimum Gasteiger partial charge on any atom is -0.339 e. The summed E-state index contributed by atoms with van der Waals surface area (Å²) in [6.45, 7) is 8.21. The van der Waals surface area contributed by atoms with Gasteiger partial charge in [-0.25, -0.2) is 0 Å². The molecule has 0 aliphatic carbocycles. The van der Waals surface area contributed by atoms with Crippen LogP contribution in [0.15, 0.2) is 71.9 Å². The van der Waals surface area contributed by atoms with Gasteiger partial charge >= 0.3 is 0 Å². The summed E-state index contributed by atoms with van der Waals surface area (Å²) in [6.07, 6.45) is 0. The van der Waals surface area contributed by atoms with Gasteiger partial charge in [-0.05, 0) is 47.9 Å². The molecule has 1 aliphatic heterocycles. The van der Waals surface area contributed by atoms with E-state index >= 15 is 0 Å². The Morgan fingerprint density at radius 2 is 1.68 bits per heavy atom. The molecule has 34 heavy (non-hydrogen) atoms. The van der Waals surface area contributed by atoms with Crippen molar-refractivity contribution in [2.24, 2.45) is 0 Å². The van der Waals surface area contributed by atoms with Crippen molar-refractivity contribution in [2.75, 3.05) is 31.9 Å². The number of carbonyl (C=O) groups is 1. The van der Waals surface area contributed by atoms with Crippen LogP contribution in [0.5, 0.6) is 0 Å². The second-order valence-corrected chi connectivity index (χ2v) is 9.73. The summed E-state index contributed by atoms with van der Waals surface area (Å²) in [5.41, 5.74) is 3.55. The van der Waals surface area contributed by atoms with E-state index in [1.165, 1.54) is 33.7 Å². The van der Waals surface area contributed by atoms with E-state index in [1.54, 1.807) is 0 Å². The summed E-state index contributed by atoms with van der Waals surface area (Å²) in [5.74, 6) is 1.35. The Morgan fingerprint density at radius 1 is 0.912 bits per heavy atom. The molecule has 0 saturated carbocycles. The highest BCUT2D eigenvalue weighted by molar-refractivity contribution is 7.99. The number of carbonyl (C=O) groups excluding carboxylic acids is 1. The lowest BCUT2D eigenvalue weighted by molar-refractivity contribution is -0.130. The van der Waals surface area contributed by atoms with E-state index in [0.717, 1.165) is 49.4 Å². The zero-order chi connectivity index (χ0) is 23.5.